The summed E-state index contributed by atoms with van der Waals surface area (Å²) in [6, 6.07) is 31.9. The quantitative estimate of drug-likeness (QED) is 0.0252. The Labute approximate surface area is 515 Å². The van der Waals surface area contributed by atoms with E-state index in [1.807, 2.05) is 66.1 Å². The van der Waals surface area contributed by atoms with Gasteiger partial charge in [0, 0.05) is 74.7 Å². The highest BCUT2D eigenvalue weighted by Crippen LogP contribution is 2.42. The number of aliphatic hydroxyl groups excluding tert-OH is 2. The highest BCUT2D eigenvalue weighted by Gasteiger charge is 2.53. The number of benzene rings is 4. The Morgan fingerprint density at radius 3 is 2.27 bits per heavy atom. The number of aryl methyl sites for hydroxylation is 1. The van der Waals surface area contributed by atoms with Crippen molar-refractivity contribution in [3.05, 3.63) is 143 Å². The number of hydrogen-bond acceptors (Lipinski definition) is 12. The molecule has 1 saturated heterocycles. The number of alkyl halides is 1. The van der Waals surface area contributed by atoms with Gasteiger partial charge in [0.05, 0.1) is 45.7 Å². The fourth-order valence-corrected chi connectivity index (χ4v) is 12.5. The van der Waals surface area contributed by atoms with Crippen molar-refractivity contribution in [3.8, 4) is 50.4 Å². The van der Waals surface area contributed by atoms with Gasteiger partial charge in [-0.15, -0.1) is 11.3 Å². The van der Waals surface area contributed by atoms with Crippen molar-refractivity contribution >= 4 is 51.9 Å². The Morgan fingerprint density at radius 2 is 1.57 bits per heavy atom. The smallest absolute Gasteiger partial charge is 0.258 e. The minimum absolute atomic E-state index is 0.0403. The molecule has 2 aliphatic carbocycles. The van der Waals surface area contributed by atoms with Crippen LogP contribution in [-0.2, 0) is 37.1 Å². The zero-order valence-corrected chi connectivity index (χ0v) is 51.1. The van der Waals surface area contributed by atoms with Crippen LogP contribution in [0, 0.1) is 29.6 Å². The van der Waals surface area contributed by atoms with Crippen molar-refractivity contribution in [1.82, 2.24) is 45.3 Å². The molecule has 3 fully saturated rings. The Hall–Kier alpha value is -8.51. The van der Waals surface area contributed by atoms with Gasteiger partial charge in [-0.3, -0.25) is 29.4 Å². The standard InChI is InChI=1S/C68H77FN10O8S/c1-43-60(88-42-75-43)48-23-24-49(37-73-64(84)53-36-52(81)39-77(53)65(85)61(67(2,3)4)76-66(86)68(69)30-31-68)54(35-48)87-40-56(83)72-33-29-55(82)71-32-14-6-5-9-16-44-17-15-18-45(34-44)38-78-59(47-21-12-8-13-22-47)57(46-19-10-7-11-20-46)58-62(70)79(41-74-63(58)78)50-25-27-51(80)28-26-50/h7-8,10-13,15,17-24,34-35,41-42,50-53,61,70,80-81H,5-6,14,25-33,36-40H2,1-4H3,(H,71,82)(H,72,83)(H,73,84)(H,76,86)/t50?,51?,52-,53+,61-/m1/s1. The van der Waals surface area contributed by atoms with Gasteiger partial charge >= 0.3 is 0 Å². The van der Waals surface area contributed by atoms with Gasteiger partial charge in [0.25, 0.3) is 11.8 Å². The van der Waals surface area contributed by atoms with E-state index in [0.29, 0.717) is 55.6 Å². The Bertz CT molecular complexity index is 3800. The highest BCUT2D eigenvalue weighted by molar-refractivity contribution is 7.13. The molecular formula is C68H77FN10O8S. The summed E-state index contributed by atoms with van der Waals surface area (Å²) in [6.45, 7) is 7.53. The molecule has 0 bridgehead atoms. The number of carbonyl (C=O) groups is 5. The summed E-state index contributed by atoms with van der Waals surface area (Å²) in [5.74, 6) is 4.29. The van der Waals surface area contributed by atoms with E-state index < -0.39 is 52.9 Å². The Kier molecular flexibility index (Phi) is 19.7. The first-order valence-corrected chi connectivity index (χ1v) is 31.2. The SMILES string of the molecule is Cc1ncsc1-c1ccc(CNC(=O)[C@@H]2C[C@@H](O)CN2C(=O)[C@@H](NC(=O)C2(F)CC2)C(C)(C)C)c(OCC(=O)NCCC(=O)NCCCCC#Cc2cccc(Cn3c(-c4ccccc4)c(-c4ccccc4)c4c(=N)n(C5CCC(O)CC5)cnc43)c2)c1. The number of carbonyl (C=O) groups excluding carboxylic acids is 5. The second-order valence-corrected chi connectivity index (χ2v) is 25.2. The summed E-state index contributed by atoms with van der Waals surface area (Å²) in [4.78, 5) is 78.1. The van der Waals surface area contributed by atoms with E-state index in [-0.39, 0.29) is 70.0 Å². The number of aliphatic hydroxyl groups is 2. The topological polar surface area (TPSA) is 246 Å². The molecule has 10 rings (SSSR count). The fraction of sp³-hybridized carbons (Fsp3) is 0.412. The average Bonchev–Trinajstić information content (AvgIpc) is 1.71. The van der Waals surface area contributed by atoms with Crippen LogP contribution >= 0.6 is 11.3 Å². The van der Waals surface area contributed by atoms with Crippen molar-refractivity contribution in [2.24, 2.45) is 5.41 Å². The van der Waals surface area contributed by atoms with Crippen molar-refractivity contribution in [2.45, 2.75) is 147 Å². The molecule has 3 aliphatic rings. The van der Waals surface area contributed by atoms with E-state index in [0.717, 1.165) is 79.9 Å². The molecule has 88 heavy (non-hydrogen) atoms. The highest BCUT2D eigenvalue weighted by atomic mass is 32.1. The van der Waals surface area contributed by atoms with Crippen molar-refractivity contribution in [3.63, 3.8) is 0 Å². The summed E-state index contributed by atoms with van der Waals surface area (Å²) in [7, 11) is 0. The number of ether oxygens (including phenoxy) is 1. The molecule has 18 nitrogen and oxygen atoms in total. The summed E-state index contributed by atoms with van der Waals surface area (Å²) < 4.78 is 25.0. The molecular weight excluding hydrogens is 1140 g/mol. The number of unbranched alkanes of at least 4 members (excludes halogenated alkanes) is 2. The number of thiazole rings is 1. The molecule has 7 aromatic rings. The number of halogens is 1. The first kappa shape index (κ1) is 62.5. The monoisotopic (exact) mass is 1210 g/mol. The van der Waals surface area contributed by atoms with Crippen LogP contribution in [0.25, 0.3) is 43.9 Å². The van der Waals surface area contributed by atoms with Crippen LogP contribution in [-0.4, -0.2) is 120 Å². The zero-order valence-electron chi connectivity index (χ0n) is 50.2. The van der Waals surface area contributed by atoms with Gasteiger partial charge in [0.15, 0.2) is 12.3 Å². The maximum absolute atomic E-state index is 14.7. The van der Waals surface area contributed by atoms with Gasteiger partial charge in [-0.1, -0.05) is 118 Å². The number of rotatable bonds is 22. The molecule has 2 saturated carbocycles. The van der Waals surface area contributed by atoms with Crippen LogP contribution in [0.2, 0.25) is 0 Å². The Balaban J connectivity index is 0.702. The number of aromatic nitrogens is 4. The van der Waals surface area contributed by atoms with Crippen LogP contribution in [0.3, 0.4) is 0 Å². The van der Waals surface area contributed by atoms with E-state index in [4.69, 9.17) is 9.72 Å². The number of fused-ring (bicyclic) bond motifs is 1. The summed E-state index contributed by atoms with van der Waals surface area (Å²) in [6.07, 6.45) is 5.75. The molecule has 3 atom stereocenters. The van der Waals surface area contributed by atoms with Crippen LogP contribution in [0.4, 0.5) is 4.39 Å². The van der Waals surface area contributed by atoms with Crippen molar-refractivity contribution in [2.75, 3.05) is 26.2 Å². The molecule has 4 heterocycles. The van der Waals surface area contributed by atoms with Gasteiger partial charge in [0.2, 0.25) is 17.7 Å². The predicted octanol–water partition coefficient (Wildman–Crippen LogP) is 8.44. The van der Waals surface area contributed by atoms with E-state index in [1.165, 1.54) is 16.2 Å². The summed E-state index contributed by atoms with van der Waals surface area (Å²) in [5.41, 5.74) is 8.03. The number of likely N-dealkylation sites (tertiary alicyclic amines) is 1. The maximum Gasteiger partial charge on any atom is 0.258 e. The molecule has 0 spiro atoms. The lowest BCUT2D eigenvalue weighted by molar-refractivity contribution is -0.145. The van der Waals surface area contributed by atoms with Crippen LogP contribution < -0.4 is 31.5 Å². The predicted molar refractivity (Wildman–Crippen MR) is 335 cm³/mol. The van der Waals surface area contributed by atoms with Gasteiger partial charge < -0.3 is 50.3 Å². The first-order valence-electron chi connectivity index (χ1n) is 30.4. The van der Waals surface area contributed by atoms with Crippen LogP contribution in [0.15, 0.2) is 115 Å². The number of amides is 5. The number of hydrogen-bond donors (Lipinski definition) is 7. The van der Waals surface area contributed by atoms with E-state index >= 15 is 0 Å². The normalized spacial score (nSPS) is 18.2. The third-order valence-corrected chi connectivity index (χ3v) is 17.6. The molecule has 0 unspecified atom stereocenters. The summed E-state index contributed by atoms with van der Waals surface area (Å²) in [5, 5.41) is 42.6. The van der Waals surface area contributed by atoms with Gasteiger partial charge in [-0.05, 0) is 104 Å². The second kappa shape index (κ2) is 27.7. The van der Waals surface area contributed by atoms with Gasteiger partial charge in [-0.2, -0.15) is 0 Å². The zero-order chi connectivity index (χ0) is 62.1. The van der Waals surface area contributed by atoms with E-state index in [9.17, 15) is 44.0 Å². The lowest BCUT2D eigenvalue weighted by atomic mass is 9.85. The van der Waals surface area contributed by atoms with Crippen LogP contribution in [0.1, 0.15) is 120 Å². The van der Waals surface area contributed by atoms with Crippen molar-refractivity contribution in [1.29, 1.82) is 5.41 Å². The van der Waals surface area contributed by atoms with E-state index in [1.54, 1.807) is 44.7 Å². The number of nitrogens with one attached hydrogen (secondary N) is 5. The number of nitrogens with zero attached hydrogens (tertiary/aromatic N) is 5. The van der Waals surface area contributed by atoms with Gasteiger partial charge in [0.1, 0.15) is 29.0 Å². The summed E-state index contributed by atoms with van der Waals surface area (Å²) >= 11 is 1.44. The molecule has 3 aromatic heterocycles. The molecule has 0 radical (unpaired) electrons. The second-order valence-electron chi connectivity index (χ2n) is 24.3. The van der Waals surface area contributed by atoms with Crippen molar-refractivity contribution < 1.29 is 43.3 Å². The molecule has 20 heteroatoms. The lowest BCUT2D eigenvalue weighted by Crippen LogP contribution is -2.59. The molecule has 1 aliphatic heterocycles. The minimum atomic E-state index is -2.01. The third kappa shape index (κ3) is 14.9. The van der Waals surface area contributed by atoms with Gasteiger partial charge in [-0.25, -0.2) is 14.4 Å². The maximum atomic E-state index is 14.7. The minimum Gasteiger partial charge on any atom is -0.483 e. The average molecular weight is 1210 g/mol. The molecule has 7 N–H and O–H groups in total. The molecule has 460 valence electrons. The molecule has 4 aromatic carbocycles. The molecule has 5 amide bonds. The lowest BCUT2D eigenvalue weighted by Gasteiger charge is -2.35. The largest absolute Gasteiger partial charge is 0.483 e. The third-order valence-electron chi connectivity index (χ3n) is 16.7. The van der Waals surface area contributed by atoms with E-state index in [2.05, 4.69) is 79.1 Å². The number of β-amino-alcohol motifs (C(OH)–C–C–N with tert-alkyl or cyclic N) is 1. The first-order chi connectivity index (χ1) is 42.3. The van der Waals surface area contributed by atoms with Crippen LogP contribution in [0.5, 0.6) is 5.75 Å². The Morgan fingerprint density at radius 1 is 0.841 bits per heavy atom. The fourth-order valence-electron chi connectivity index (χ4n) is 11.6.